The molecule has 0 radical (unpaired) electrons. The van der Waals surface area contributed by atoms with E-state index in [2.05, 4.69) is 68.3 Å². The minimum atomic E-state index is -0.717. The van der Waals surface area contributed by atoms with Crippen LogP contribution in [0.15, 0.2) is 42.5 Å². The number of hydrogen-bond acceptors (Lipinski definition) is 2. The van der Waals surface area contributed by atoms with E-state index in [-0.39, 0.29) is 17.3 Å². The normalized spacial score (nSPS) is 12.7. The Hall–Kier alpha value is -1.87. The van der Waals surface area contributed by atoms with Crippen LogP contribution in [0.4, 0.5) is 0 Å². The number of hydrogen-bond donors (Lipinski definition) is 1. The first kappa shape index (κ1) is 19.5. The molecule has 1 N–H and O–H groups in total. The molecular weight excluding hydrogens is 310 g/mol. The molecule has 2 aromatic rings. The second-order valence-electron chi connectivity index (χ2n) is 8.93. The predicted molar refractivity (Wildman–Crippen MR) is 105 cm³/mol. The van der Waals surface area contributed by atoms with Gasteiger partial charge in [0, 0.05) is 13.1 Å². The van der Waals surface area contributed by atoms with Crippen LogP contribution in [-0.2, 0) is 11.3 Å². The number of rotatable bonds is 8. The van der Waals surface area contributed by atoms with Crippen LogP contribution in [0.3, 0.4) is 0 Å². The van der Waals surface area contributed by atoms with Gasteiger partial charge in [-0.05, 0) is 46.7 Å². The Bertz CT molecular complexity index is 734. The molecule has 0 saturated carbocycles. The molecule has 0 aliphatic rings. The molecule has 0 saturated heterocycles. The molecule has 2 aromatic carbocycles. The molecular formula is C22H31NO2. The Morgan fingerprint density at radius 3 is 2.28 bits per heavy atom. The fraction of sp³-hybridized carbons (Fsp3) is 0.500. The van der Waals surface area contributed by atoms with Crippen molar-refractivity contribution in [2.24, 2.45) is 10.8 Å². The van der Waals surface area contributed by atoms with Gasteiger partial charge in [-0.1, -0.05) is 64.1 Å². The molecule has 2 rings (SSSR count). The SMILES string of the molecule is CN(Cc1ccc2ccccc2c1)CC(C)(C)CC(C)(C)CC(=O)O. The number of aliphatic carboxylic acids is 1. The van der Waals surface area contributed by atoms with E-state index in [1.54, 1.807) is 0 Å². The highest BCUT2D eigenvalue weighted by Crippen LogP contribution is 2.36. The highest BCUT2D eigenvalue weighted by atomic mass is 16.4. The van der Waals surface area contributed by atoms with Gasteiger partial charge in [-0.25, -0.2) is 0 Å². The fourth-order valence-electron chi connectivity index (χ4n) is 4.26. The van der Waals surface area contributed by atoms with Crippen LogP contribution in [0.1, 0.15) is 46.1 Å². The summed E-state index contributed by atoms with van der Waals surface area (Å²) in [5.41, 5.74) is 1.17. The van der Waals surface area contributed by atoms with Crippen molar-refractivity contribution in [3.63, 3.8) is 0 Å². The molecule has 3 heteroatoms. The van der Waals surface area contributed by atoms with Gasteiger partial charge in [0.1, 0.15) is 0 Å². The minimum absolute atomic E-state index is 0.0601. The molecule has 0 heterocycles. The van der Waals surface area contributed by atoms with E-state index in [1.807, 2.05) is 13.8 Å². The van der Waals surface area contributed by atoms with Crippen molar-refractivity contribution >= 4 is 16.7 Å². The van der Waals surface area contributed by atoms with Crippen molar-refractivity contribution in [3.8, 4) is 0 Å². The van der Waals surface area contributed by atoms with Gasteiger partial charge in [0.05, 0.1) is 6.42 Å². The lowest BCUT2D eigenvalue weighted by atomic mass is 9.73. The lowest BCUT2D eigenvalue weighted by Gasteiger charge is -2.37. The Kier molecular flexibility index (Phi) is 5.89. The molecule has 0 bridgehead atoms. The molecule has 0 fully saturated rings. The summed E-state index contributed by atoms with van der Waals surface area (Å²) in [5.74, 6) is -0.717. The van der Waals surface area contributed by atoms with Crippen molar-refractivity contribution in [1.29, 1.82) is 0 Å². The zero-order valence-electron chi connectivity index (χ0n) is 16.2. The van der Waals surface area contributed by atoms with E-state index in [9.17, 15) is 4.79 Å². The van der Waals surface area contributed by atoms with Crippen LogP contribution in [0.25, 0.3) is 10.8 Å². The standard InChI is InChI=1S/C22H31NO2/c1-21(2,13-20(24)25)15-22(3,4)16-23(5)14-17-10-11-18-8-6-7-9-19(18)12-17/h6-12H,13-16H2,1-5H3,(H,24,25). The lowest BCUT2D eigenvalue weighted by Crippen LogP contribution is -2.35. The van der Waals surface area contributed by atoms with Gasteiger partial charge < -0.3 is 10.0 Å². The monoisotopic (exact) mass is 341 g/mol. The average Bonchev–Trinajstić information content (AvgIpc) is 2.43. The second kappa shape index (κ2) is 7.57. The Morgan fingerprint density at radius 1 is 1.00 bits per heavy atom. The van der Waals surface area contributed by atoms with Gasteiger partial charge in [0.15, 0.2) is 0 Å². The molecule has 0 aromatic heterocycles. The van der Waals surface area contributed by atoms with Gasteiger partial charge in [-0.3, -0.25) is 4.79 Å². The maximum atomic E-state index is 11.1. The zero-order valence-corrected chi connectivity index (χ0v) is 16.2. The number of fused-ring (bicyclic) bond motifs is 1. The summed E-state index contributed by atoms with van der Waals surface area (Å²) >= 11 is 0. The van der Waals surface area contributed by atoms with Crippen molar-refractivity contribution in [2.75, 3.05) is 13.6 Å². The number of carboxylic acids is 1. The highest BCUT2D eigenvalue weighted by Gasteiger charge is 2.31. The van der Waals surface area contributed by atoms with Crippen LogP contribution in [0.5, 0.6) is 0 Å². The van der Waals surface area contributed by atoms with Crippen LogP contribution >= 0.6 is 0 Å². The maximum Gasteiger partial charge on any atom is 0.303 e. The Morgan fingerprint density at radius 2 is 1.64 bits per heavy atom. The second-order valence-corrected chi connectivity index (χ2v) is 8.93. The van der Waals surface area contributed by atoms with Gasteiger partial charge in [0.25, 0.3) is 0 Å². The van der Waals surface area contributed by atoms with Crippen molar-refractivity contribution in [3.05, 3.63) is 48.0 Å². The summed E-state index contributed by atoms with van der Waals surface area (Å²) < 4.78 is 0. The topological polar surface area (TPSA) is 40.5 Å². The molecule has 0 amide bonds. The fourth-order valence-corrected chi connectivity index (χ4v) is 4.26. The number of benzene rings is 2. The molecule has 136 valence electrons. The third kappa shape index (κ3) is 6.17. The summed E-state index contributed by atoms with van der Waals surface area (Å²) in [6.07, 6.45) is 1.10. The summed E-state index contributed by atoms with van der Waals surface area (Å²) in [7, 11) is 2.14. The first-order chi connectivity index (χ1) is 11.6. The molecule has 0 aliphatic heterocycles. The van der Waals surface area contributed by atoms with Gasteiger partial charge in [-0.2, -0.15) is 0 Å². The zero-order chi connectivity index (χ0) is 18.7. The van der Waals surface area contributed by atoms with E-state index in [1.165, 1.54) is 16.3 Å². The third-order valence-corrected chi connectivity index (χ3v) is 4.55. The summed E-state index contributed by atoms with van der Waals surface area (Å²) in [6, 6.07) is 15.1. The predicted octanol–water partition coefficient (Wildman–Crippen LogP) is 5.19. The molecule has 25 heavy (non-hydrogen) atoms. The van der Waals surface area contributed by atoms with Crippen molar-refractivity contribution in [2.45, 2.75) is 47.1 Å². The summed E-state index contributed by atoms with van der Waals surface area (Å²) in [5, 5.41) is 11.6. The number of carboxylic acid groups (broad SMARTS) is 1. The van der Waals surface area contributed by atoms with Gasteiger partial charge in [-0.15, -0.1) is 0 Å². The first-order valence-electron chi connectivity index (χ1n) is 8.94. The maximum absolute atomic E-state index is 11.1. The van der Waals surface area contributed by atoms with Gasteiger partial charge >= 0.3 is 5.97 Å². The number of nitrogens with zero attached hydrogens (tertiary/aromatic N) is 1. The Labute approximate surface area is 151 Å². The third-order valence-electron chi connectivity index (χ3n) is 4.55. The largest absolute Gasteiger partial charge is 0.481 e. The van der Waals surface area contributed by atoms with E-state index >= 15 is 0 Å². The van der Waals surface area contributed by atoms with Crippen LogP contribution in [-0.4, -0.2) is 29.6 Å². The van der Waals surface area contributed by atoms with Crippen molar-refractivity contribution in [1.82, 2.24) is 4.90 Å². The van der Waals surface area contributed by atoms with E-state index in [4.69, 9.17) is 5.11 Å². The first-order valence-corrected chi connectivity index (χ1v) is 8.94. The molecule has 0 unspecified atom stereocenters. The summed E-state index contributed by atoms with van der Waals surface area (Å²) in [6.45, 7) is 10.4. The molecule has 0 atom stereocenters. The smallest absolute Gasteiger partial charge is 0.303 e. The van der Waals surface area contributed by atoms with Gasteiger partial charge in [0.2, 0.25) is 0 Å². The van der Waals surface area contributed by atoms with E-state index < -0.39 is 5.97 Å². The quantitative estimate of drug-likeness (QED) is 0.718. The van der Waals surface area contributed by atoms with Crippen LogP contribution in [0.2, 0.25) is 0 Å². The van der Waals surface area contributed by atoms with E-state index in [0.29, 0.717) is 0 Å². The van der Waals surface area contributed by atoms with E-state index in [0.717, 1.165) is 19.5 Å². The van der Waals surface area contributed by atoms with Crippen molar-refractivity contribution < 1.29 is 9.90 Å². The molecule has 3 nitrogen and oxygen atoms in total. The summed E-state index contributed by atoms with van der Waals surface area (Å²) in [4.78, 5) is 13.4. The molecule has 0 spiro atoms. The van der Waals surface area contributed by atoms with Crippen LogP contribution < -0.4 is 0 Å². The minimum Gasteiger partial charge on any atom is -0.481 e. The highest BCUT2D eigenvalue weighted by molar-refractivity contribution is 5.82. The average molecular weight is 341 g/mol. The number of carbonyl (C=O) groups is 1. The van der Waals surface area contributed by atoms with Crippen LogP contribution in [0, 0.1) is 10.8 Å². The lowest BCUT2D eigenvalue weighted by molar-refractivity contribution is -0.139. The molecule has 0 aliphatic carbocycles. The Balaban J connectivity index is 1.99.